The van der Waals surface area contributed by atoms with Crippen LogP contribution in [0.1, 0.15) is 12.0 Å². The Kier molecular flexibility index (Phi) is 4.17. The molecule has 0 spiro atoms. The van der Waals surface area contributed by atoms with Crippen molar-refractivity contribution in [1.29, 1.82) is 0 Å². The lowest BCUT2D eigenvalue weighted by molar-refractivity contribution is 0.234. The van der Waals surface area contributed by atoms with Crippen LogP contribution in [-0.2, 0) is 6.54 Å². The third-order valence-electron chi connectivity index (χ3n) is 4.48. The number of nitrogens with one attached hydrogen (secondary N) is 1. The number of halogens is 1. The van der Waals surface area contributed by atoms with Gasteiger partial charge in [0, 0.05) is 12.5 Å². The lowest BCUT2D eigenvalue weighted by Crippen LogP contribution is -2.17. The van der Waals surface area contributed by atoms with E-state index in [0.29, 0.717) is 25.1 Å². The molecular formula is C19H20FN3O. The summed E-state index contributed by atoms with van der Waals surface area (Å²) in [5, 5.41) is 3.35. The standard InChI is InChI=1S/C19H20FN3O/c20-16-7-5-14(6-8-16)12-23-18-4-2-1-3-17(18)22-19(23)24-13-15-9-10-21-11-15/h1-8,15,21H,9-13H2/t15-/m0/s1. The van der Waals surface area contributed by atoms with Crippen molar-refractivity contribution in [3.8, 4) is 6.01 Å². The van der Waals surface area contributed by atoms with E-state index in [1.807, 2.05) is 24.3 Å². The summed E-state index contributed by atoms with van der Waals surface area (Å²) in [5.41, 5.74) is 2.97. The minimum atomic E-state index is -0.223. The van der Waals surface area contributed by atoms with E-state index in [1.54, 1.807) is 12.1 Å². The molecule has 124 valence electrons. The molecule has 0 bridgehead atoms. The van der Waals surface area contributed by atoms with Crippen LogP contribution in [0.3, 0.4) is 0 Å². The number of benzene rings is 2. The van der Waals surface area contributed by atoms with Crippen LogP contribution >= 0.6 is 0 Å². The van der Waals surface area contributed by atoms with Gasteiger partial charge in [0.2, 0.25) is 0 Å². The van der Waals surface area contributed by atoms with Crippen LogP contribution in [0.5, 0.6) is 6.01 Å². The molecule has 1 aromatic heterocycles. The smallest absolute Gasteiger partial charge is 0.297 e. The second kappa shape index (κ2) is 6.61. The van der Waals surface area contributed by atoms with Gasteiger partial charge in [0.25, 0.3) is 6.01 Å². The van der Waals surface area contributed by atoms with Crippen LogP contribution in [0.4, 0.5) is 4.39 Å². The van der Waals surface area contributed by atoms with Crippen molar-refractivity contribution in [2.45, 2.75) is 13.0 Å². The molecule has 0 unspecified atom stereocenters. The molecule has 1 N–H and O–H groups in total. The van der Waals surface area contributed by atoms with Crippen molar-refractivity contribution in [3.63, 3.8) is 0 Å². The Morgan fingerprint density at radius 2 is 2.00 bits per heavy atom. The fourth-order valence-electron chi connectivity index (χ4n) is 3.14. The predicted molar refractivity (Wildman–Crippen MR) is 91.7 cm³/mol. The normalized spacial score (nSPS) is 17.5. The van der Waals surface area contributed by atoms with E-state index < -0.39 is 0 Å². The molecule has 1 atom stereocenters. The number of hydrogen-bond donors (Lipinski definition) is 1. The van der Waals surface area contributed by atoms with Crippen LogP contribution in [0, 0.1) is 11.7 Å². The zero-order valence-electron chi connectivity index (χ0n) is 13.4. The summed E-state index contributed by atoms with van der Waals surface area (Å²) in [6, 6.07) is 15.2. The monoisotopic (exact) mass is 325 g/mol. The van der Waals surface area contributed by atoms with Crippen molar-refractivity contribution < 1.29 is 9.13 Å². The third kappa shape index (κ3) is 3.12. The molecule has 2 aromatic carbocycles. The molecule has 1 aliphatic heterocycles. The summed E-state index contributed by atoms with van der Waals surface area (Å²) >= 11 is 0. The number of rotatable bonds is 5. The maximum Gasteiger partial charge on any atom is 0.297 e. The van der Waals surface area contributed by atoms with Crippen LogP contribution in [0.25, 0.3) is 11.0 Å². The van der Waals surface area contributed by atoms with Crippen molar-refractivity contribution in [1.82, 2.24) is 14.9 Å². The van der Waals surface area contributed by atoms with E-state index in [9.17, 15) is 4.39 Å². The van der Waals surface area contributed by atoms with Crippen molar-refractivity contribution in [3.05, 3.63) is 59.9 Å². The number of nitrogens with zero attached hydrogens (tertiary/aromatic N) is 2. The van der Waals surface area contributed by atoms with Gasteiger partial charge in [-0.15, -0.1) is 0 Å². The molecular weight excluding hydrogens is 305 g/mol. The highest BCUT2D eigenvalue weighted by molar-refractivity contribution is 5.76. The van der Waals surface area contributed by atoms with Crippen molar-refractivity contribution in [2.24, 2.45) is 5.92 Å². The average molecular weight is 325 g/mol. The van der Waals surface area contributed by atoms with Crippen LogP contribution < -0.4 is 10.1 Å². The molecule has 0 aliphatic carbocycles. The number of ether oxygens (including phenoxy) is 1. The topological polar surface area (TPSA) is 39.1 Å². The number of aromatic nitrogens is 2. The first-order valence-corrected chi connectivity index (χ1v) is 8.33. The van der Waals surface area contributed by atoms with E-state index in [4.69, 9.17) is 4.74 Å². The van der Waals surface area contributed by atoms with Crippen LogP contribution in [0.15, 0.2) is 48.5 Å². The molecule has 3 aromatic rings. The summed E-state index contributed by atoms with van der Waals surface area (Å²) in [4.78, 5) is 4.63. The SMILES string of the molecule is Fc1ccc(Cn2c(OC[C@H]3CCNC3)nc3ccccc32)cc1. The highest BCUT2D eigenvalue weighted by Crippen LogP contribution is 2.24. The minimum absolute atomic E-state index is 0.223. The van der Waals surface area contributed by atoms with E-state index in [1.165, 1.54) is 12.1 Å². The molecule has 0 saturated carbocycles. The lowest BCUT2D eigenvalue weighted by Gasteiger charge is -2.13. The van der Waals surface area contributed by atoms with Gasteiger partial charge in [0.15, 0.2) is 0 Å². The zero-order valence-corrected chi connectivity index (χ0v) is 13.4. The largest absolute Gasteiger partial charge is 0.464 e. The third-order valence-corrected chi connectivity index (χ3v) is 4.48. The predicted octanol–water partition coefficient (Wildman–Crippen LogP) is 3.21. The number of fused-ring (bicyclic) bond motifs is 1. The zero-order chi connectivity index (χ0) is 16.4. The first kappa shape index (κ1) is 15.1. The van der Waals surface area contributed by atoms with Gasteiger partial charge in [-0.25, -0.2) is 4.39 Å². The molecule has 24 heavy (non-hydrogen) atoms. The Bertz CT molecular complexity index is 822. The van der Waals surface area contributed by atoms with Gasteiger partial charge in [-0.1, -0.05) is 24.3 Å². The summed E-state index contributed by atoms with van der Waals surface area (Å²) in [6.07, 6.45) is 1.14. The Morgan fingerprint density at radius 3 is 2.79 bits per heavy atom. The highest BCUT2D eigenvalue weighted by atomic mass is 19.1. The van der Waals surface area contributed by atoms with E-state index in [2.05, 4.69) is 14.9 Å². The first-order valence-electron chi connectivity index (χ1n) is 8.33. The summed E-state index contributed by atoms with van der Waals surface area (Å²) in [7, 11) is 0. The molecule has 4 nitrogen and oxygen atoms in total. The minimum Gasteiger partial charge on any atom is -0.464 e. The van der Waals surface area contributed by atoms with Gasteiger partial charge < -0.3 is 10.1 Å². The van der Waals surface area contributed by atoms with Crippen molar-refractivity contribution >= 4 is 11.0 Å². The summed E-state index contributed by atoms with van der Waals surface area (Å²) in [5.74, 6) is 0.309. The summed E-state index contributed by atoms with van der Waals surface area (Å²) in [6.45, 7) is 3.33. The molecule has 0 radical (unpaired) electrons. The van der Waals surface area contributed by atoms with E-state index in [0.717, 1.165) is 36.1 Å². The Labute approximate surface area is 140 Å². The second-order valence-corrected chi connectivity index (χ2v) is 6.27. The van der Waals surface area contributed by atoms with Gasteiger partial charge >= 0.3 is 0 Å². The molecule has 2 heterocycles. The van der Waals surface area contributed by atoms with Gasteiger partial charge in [-0.3, -0.25) is 4.57 Å². The van der Waals surface area contributed by atoms with E-state index in [-0.39, 0.29) is 5.82 Å². The fourth-order valence-corrected chi connectivity index (χ4v) is 3.14. The Hall–Kier alpha value is -2.40. The van der Waals surface area contributed by atoms with E-state index >= 15 is 0 Å². The highest BCUT2D eigenvalue weighted by Gasteiger charge is 2.18. The van der Waals surface area contributed by atoms with Gasteiger partial charge in [-0.05, 0) is 42.8 Å². The Morgan fingerprint density at radius 1 is 1.17 bits per heavy atom. The molecule has 1 saturated heterocycles. The maximum absolute atomic E-state index is 13.1. The number of hydrogen-bond acceptors (Lipinski definition) is 3. The number of imidazole rings is 1. The van der Waals surface area contributed by atoms with Gasteiger partial charge in [0.05, 0.1) is 24.2 Å². The Balaban J connectivity index is 1.62. The average Bonchev–Trinajstić information content (AvgIpc) is 3.23. The number of para-hydroxylation sites is 2. The van der Waals surface area contributed by atoms with Gasteiger partial charge in [0.1, 0.15) is 5.82 Å². The van der Waals surface area contributed by atoms with Crippen LogP contribution in [-0.4, -0.2) is 29.2 Å². The molecule has 1 aliphatic rings. The molecule has 5 heteroatoms. The molecule has 0 amide bonds. The quantitative estimate of drug-likeness (QED) is 0.783. The molecule has 1 fully saturated rings. The van der Waals surface area contributed by atoms with Crippen molar-refractivity contribution in [2.75, 3.05) is 19.7 Å². The fraction of sp³-hybridized carbons (Fsp3) is 0.316. The molecule has 4 rings (SSSR count). The summed E-state index contributed by atoms with van der Waals surface area (Å²) < 4.78 is 21.2. The maximum atomic E-state index is 13.1. The van der Waals surface area contributed by atoms with Crippen LogP contribution in [0.2, 0.25) is 0 Å². The first-order chi connectivity index (χ1) is 11.8. The lowest BCUT2D eigenvalue weighted by atomic mass is 10.1. The second-order valence-electron chi connectivity index (χ2n) is 6.27. The van der Waals surface area contributed by atoms with Gasteiger partial charge in [-0.2, -0.15) is 4.98 Å².